The highest BCUT2D eigenvalue weighted by molar-refractivity contribution is 5.15. The van der Waals surface area contributed by atoms with Crippen molar-refractivity contribution in [2.45, 2.75) is 57.1 Å². The number of hydrogen-bond donors (Lipinski definition) is 1. The molecule has 1 saturated carbocycles. The Morgan fingerprint density at radius 2 is 0.903 bits per heavy atom. The molecule has 3 aromatic rings. The van der Waals surface area contributed by atoms with Gasteiger partial charge in [0, 0.05) is 12.8 Å². The van der Waals surface area contributed by atoms with Crippen LogP contribution in [0.25, 0.3) is 0 Å². The lowest BCUT2D eigenvalue weighted by Gasteiger charge is -2.39. The van der Waals surface area contributed by atoms with Crippen molar-refractivity contribution < 1.29 is 19.3 Å². The van der Waals surface area contributed by atoms with Gasteiger partial charge in [-0.25, -0.2) is 0 Å². The summed E-state index contributed by atoms with van der Waals surface area (Å²) in [7, 11) is 0. The number of aliphatic hydroxyl groups excluding tert-OH is 1. The van der Waals surface area contributed by atoms with Crippen molar-refractivity contribution in [3.05, 3.63) is 108 Å². The van der Waals surface area contributed by atoms with E-state index in [0.29, 0.717) is 32.7 Å². The summed E-state index contributed by atoms with van der Waals surface area (Å²) < 4.78 is 18.9. The minimum Gasteiger partial charge on any atom is -0.393 e. The van der Waals surface area contributed by atoms with E-state index in [1.807, 2.05) is 78.9 Å². The molecular weight excluding hydrogens is 388 g/mol. The van der Waals surface area contributed by atoms with Crippen molar-refractivity contribution in [1.82, 2.24) is 0 Å². The highest BCUT2D eigenvalue weighted by Crippen LogP contribution is 2.29. The molecule has 0 bridgehead atoms. The predicted molar refractivity (Wildman–Crippen MR) is 120 cm³/mol. The standard InChI is InChI=1S/C27H30O4/c28-24-16-25(29-18-21-10-4-1-5-11-21)27(31-20-23-14-8-3-9-15-23)26(17-24)30-19-22-12-6-2-7-13-22/h1-15,24-28H,16-20H2/t24?,25-,26-,27?/m1/s1. The van der Waals surface area contributed by atoms with Crippen molar-refractivity contribution >= 4 is 0 Å². The highest BCUT2D eigenvalue weighted by atomic mass is 16.6. The molecule has 0 saturated heterocycles. The molecule has 1 aliphatic carbocycles. The fraction of sp³-hybridized carbons (Fsp3) is 0.333. The monoisotopic (exact) mass is 418 g/mol. The quantitative estimate of drug-likeness (QED) is 0.537. The SMILES string of the molecule is OC1C[C@@H](OCc2ccccc2)C(OCc2ccccc2)[C@H](OCc2ccccc2)C1. The summed E-state index contributed by atoms with van der Waals surface area (Å²) in [6.45, 7) is 1.45. The van der Waals surface area contributed by atoms with Gasteiger partial charge in [-0.3, -0.25) is 0 Å². The summed E-state index contributed by atoms with van der Waals surface area (Å²) >= 11 is 0. The van der Waals surface area contributed by atoms with Crippen LogP contribution in [0.1, 0.15) is 29.5 Å². The Morgan fingerprint density at radius 1 is 0.548 bits per heavy atom. The van der Waals surface area contributed by atoms with E-state index in [0.717, 1.165) is 16.7 Å². The third-order valence-corrected chi connectivity index (χ3v) is 5.64. The van der Waals surface area contributed by atoms with Crippen molar-refractivity contribution in [1.29, 1.82) is 0 Å². The first-order valence-electron chi connectivity index (χ1n) is 10.9. The van der Waals surface area contributed by atoms with E-state index in [4.69, 9.17) is 14.2 Å². The molecule has 0 unspecified atom stereocenters. The van der Waals surface area contributed by atoms with Crippen LogP contribution in [0, 0.1) is 0 Å². The minimum atomic E-state index is -0.474. The molecule has 31 heavy (non-hydrogen) atoms. The van der Waals surface area contributed by atoms with Crippen LogP contribution in [0.4, 0.5) is 0 Å². The Bertz CT molecular complexity index is 831. The van der Waals surface area contributed by atoms with E-state index in [2.05, 4.69) is 12.1 Å². The molecule has 1 N–H and O–H groups in total. The van der Waals surface area contributed by atoms with Gasteiger partial charge in [0.05, 0.1) is 38.1 Å². The second-order valence-electron chi connectivity index (χ2n) is 8.06. The van der Waals surface area contributed by atoms with Gasteiger partial charge < -0.3 is 19.3 Å². The average Bonchev–Trinajstić information content (AvgIpc) is 2.82. The zero-order valence-corrected chi connectivity index (χ0v) is 17.7. The summed E-state index contributed by atoms with van der Waals surface area (Å²) in [6, 6.07) is 30.3. The molecule has 0 radical (unpaired) electrons. The van der Waals surface area contributed by atoms with Crippen molar-refractivity contribution in [2.75, 3.05) is 0 Å². The van der Waals surface area contributed by atoms with Gasteiger partial charge in [-0.15, -0.1) is 0 Å². The van der Waals surface area contributed by atoms with E-state index < -0.39 is 6.10 Å². The molecule has 1 fully saturated rings. The second kappa shape index (κ2) is 11.2. The molecule has 0 amide bonds. The van der Waals surface area contributed by atoms with Gasteiger partial charge in [0.1, 0.15) is 6.10 Å². The topological polar surface area (TPSA) is 47.9 Å². The minimum absolute atomic E-state index is 0.242. The zero-order chi connectivity index (χ0) is 21.3. The fourth-order valence-corrected chi connectivity index (χ4v) is 4.00. The van der Waals surface area contributed by atoms with E-state index in [1.54, 1.807) is 0 Å². The Balaban J connectivity index is 1.46. The number of aliphatic hydroxyl groups is 1. The molecule has 4 heteroatoms. The van der Waals surface area contributed by atoms with Crippen molar-refractivity contribution in [3.8, 4) is 0 Å². The van der Waals surface area contributed by atoms with Crippen LogP contribution < -0.4 is 0 Å². The van der Waals surface area contributed by atoms with E-state index in [9.17, 15) is 5.11 Å². The molecule has 0 aliphatic heterocycles. The zero-order valence-electron chi connectivity index (χ0n) is 17.7. The summed E-state index contributed by atoms with van der Waals surface area (Å²) in [5.74, 6) is 0. The Hall–Kier alpha value is -2.50. The van der Waals surface area contributed by atoms with Gasteiger partial charge in [0.2, 0.25) is 0 Å². The van der Waals surface area contributed by atoms with Gasteiger partial charge in [0.15, 0.2) is 0 Å². The second-order valence-corrected chi connectivity index (χ2v) is 8.06. The highest BCUT2D eigenvalue weighted by Gasteiger charge is 2.39. The van der Waals surface area contributed by atoms with Gasteiger partial charge >= 0.3 is 0 Å². The number of rotatable bonds is 9. The molecular formula is C27H30O4. The van der Waals surface area contributed by atoms with Gasteiger partial charge in [-0.1, -0.05) is 91.0 Å². The lowest BCUT2D eigenvalue weighted by atomic mass is 9.89. The largest absolute Gasteiger partial charge is 0.393 e. The fourth-order valence-electron chi connectivity index (χ4n) is 4.00. The Morgan fingerprint density at radius 3 is 1.29 bits per heavy atom. The maximum Gasteiger partial charge on any atom is 0.110 e. The van der Waals surface area contributed by atoms with E-state index in [-0.39, 0.29) is 18.3 Å². The smallest absolute Gasteiger partial charge is 0.110 e. The molecule has 0 heterocycles. The van der Waals surface area contributed by atoms with Crippen LogP contribution in [0.15, 0.2) is 91.0 Å². The van der Waals surface area contributed by atoms with Crippen LogP contribution >= 0.6 is 0 Å². The first kappa shape index (κ1) is 21.7. The lowest BCUT2D eigenvalue weighted by molar-refractivity contribution is -0.188. The van der Waals surface area contributed by atoms with Gasteiger partial charge in [0.25, 0.3) is 0 Å². The molecule has 0 aromatic heterocycles. The summed E-state index contributed by atoms with van der Waals surface area (Å²) in [5.41, 5.74) is 3.31. The predicted octanol–water partition coefficient (Wildman–Crippen LogP) is 4.90. The lowest BCUT2D eigenvalue weighted by Crippen LogP contribution is -2.50. The van der Waals surface area contributed by atoms with Crippen LogP contribution in [-0.4, -0.2) is 29.5 Å². The van der Waals surface area contributed by atoms with E-state index >= 15 is 0 Å². The Kier molecular flexibility index (Phi) is 7.86. The summed E-state index contributed by atoms with van der Waals surface area (Å²) in [5, 5.41) is 10.5. The maximum absolute atomic E-state index is 10.5. The number of hydrogen-bond acceptors (Lipinski definition) is 4. The molecule has 4 nitrogen and oxygen atoms in total. The molecule has 162 valence electrons. The Labute approximate surface area is 184 Å². The van der Waals surface area contributed by atoms with Crippen LogP contribution in [0.3, 0.4) is 0 Å². The molecule has 3 aromatic carbocycles. The van der Waals surface area contributed by atoms with Crippen molar-refractivity contribution in [3.63, 3.8) is 0 Å². The summed E-state index contributed by atoms with van der Waals surface area (Å²) in [6.07, 6.45) is -0.134. The van der Waals surface area contributed by atoms with Gasteiger partial charge in [-0.05, 0) is 16.7 Å². The van der Waals surface area contributed by atoms with Crippen LogP contribution in [0.2, 0.25) is 0 Å². The maximum atomic E-state index is 10.5. The third-order valence-electron chi connectivity index (χ3n) is 5.64. The first-order chi connectivity index (χ1) is 15.3. The normalized spacial score (nSPS) is 23.5. The average molecular weight is 419 g/mol. The number of benzene rings is 3. The van der Waals surface area contributed by atoms with E-state index in [1.165, 1.54) is 0 Å². The third kappa shape index (κ3) is 6.49. The first-order valence-corrected chi connectivity index (χ1v) is 10.9. The van der Waals surface area contributed by atoms with Crippen molar-refractivity contribution in [2.24, 2.45) is 0 Å². The van der Waals surface area contributed by atoms with Crippen LogP contribution in [-0.2, 0) is 34.0 Å². The van der Waals surface area contributed by atoms with Gasteiger partial charge in [-0.2, -0.15) is 0 Å². The van der Waals surface area contributed by atoms with Crippen LogP contribution in [0.5, 0.6) is 0 Å². The molecule has 1 aliphatic rings. The summed E-state index contributed by atoms with van der Waals surface area (Å²) in [4.78, 5) is 0. The number of ether oxygens (including phenoxy) is 3. The molecule has 4 rings (SSSR count). The molecule has 2 atom stereocenters. The molecule has 0 spiro atoms.